The van der Waals surface area contributed by atoms with Gasteiger partial charge in [0.15, 0.2) is 0 Å². The number of rotatable bonds is 5. The molecule has 0 bridgehead atoms. The predicted octanol–water partition coefficient (Wildman–Crippen LogP) is 2.40. The third-order valence-corrected chi connectivity index (χ3v) is 4.72. The maximum absolute atomic E-state index is 12.6. The smallest absolute Gasteiger partial charge is 0.257 e. The SMILES string of the molecule is CCC(CC)n1ncc(C(=O)N2CCC(CO)CC2)c1C. The van der Waals surface area contributed by atoms with E-state index in [1.54, 1.807) is 6.20 Å². The number of carbonyl (C=O) groups is 1. The number of nitrogens with zero attached hydrogens (tertiary/aromatic N) is 3. The normalized spacial score (nSPS) is 16.7. The molecule has 21 heavy (non-hydrogen) atoms. The van der Waals surface area contributed by atoms with Crippen molar-refractivity contribution in [1.82, 2.24) is 14.7 Å². The number of aliphatic hydroxyl groups excluding tert-OH is 1. The lowest BCUT2D eigenvalue weighted by atomic mass is 9.97. The molecule has 1 N–H and O–H groups in total. The molecule has 0 spiro atoms. The van der Waals surface area contributed by atoms with Gasteiger partial charge in [-0.05, 0) is 38.5 Å². The van der Waals surface area contributed by atoms with E-state index in [-0.39, 0.29) is 12.5 Å². The van der Waals surface area contributed by atoms with Crippen molar-refractivity contribution >= 4 is 5.91 Å². The van der Waals surface area contributed by atoms with Crippen LogP contribution in [0.2, 0.25) is 0 Å². The maximum atomic E-state index is 12.6. The van der Waals surface area contributed by atoms with Crippen LogP contribution < -0.4 is 0 Å². The maximum Gasteiger partial charge on any atom is 0.257 e. The van der Waals surface area contributed by atoms with Gasteiger partial charge in [-0.25, -0.2) is 0 Å². The molecule has 1 fully saturated rings. The zero-order valence-corrected chi connectivity index (χ0v) is 13.4. The summed E-state index contributed by atoms with van der Waals surface area (Å²) in [5.74, 6) is 0.434. The summed E-state index contributed by atoms with van der Waals surface area (Å²) in [6.07, 6.45) is 5.54. The molecule has 0 unspecified atom stereocenters. The van der Waals surface area contributed by atoms with Crippen LogP contribution in [0.3, 0.4) is 0 Å². The van der Waals surface area contributed by atoms with E-state index in [9.17, 15) is 9.90 Å². The molecule has 1 aromatic heterocycles. The number of likely N-dealkylation sites (tertiary alicyclic amines) is 1. The van der Waals surface area contributed by atoms with E-state index >= 15 is 0 Å². The van der Waals surface area contributed by atoms with Crippen molar-refractivity contribution in [2.75, 3.05) is 19.7 Å². The van der Waals surface area contributed by atoms with E-state index in [1.165, 1.54) is 0 Å². The van der Waals surface area contributed by atoms with Crippen molar-refractivity contribution in [2.45, 2.75) is 52.5 Å². The Kier molecular flexibility index (Phi) is 5.39. The Labute approximate surface area is 126 Å². The molecule has 1 amide bonds. The van der Waals surface area contributed by atoms with Gasteiger partial charge in [0.1, 0.15) is 0 Å². The number of hydrogen-bond acceptors (Lipinski definition) is 3. The van der Waals surface area contributed by atoms with Gasteiger partial charge in [0.2, 0.25) is 0 Å². The summed E-state index contributed by atoms with van der Waals surface area (Å²) in [7, 11) is 0. The Bertz CT molecular complexity index is 472. The first-order valence-electron chi connectivity index (χ1n) is 8.06. The zero-order valence-electron chi connectivity index (χ0n) is 13.4. The van der Waals surface area contributed by atoms with Gasteiger partial charge in [-0.1, -0.05) is 13.8 Å². The molecule has 5 heteroatoms. The topological polar surface area (TPSA) is 58.4 Å². The van der Waals surface area contributed by atoms with Crippen molar-refractivity contribution in [3.63, 3.8) is 0 Å². The molecule has 1 aliphatic rings. The molecule has 1 saturated heterocycles. The number of carbonyl (C=O) groups excluding carboxylic acids is 1. The van der Waals surface area contributed by atoms with Crippen LogP contribution in [0.1, 0.15) is 61.6 Å². The van der Waals surface area contributed by atoms with Crippen LogP contribution in [-0.2, 0) is 0 Å². The molecule has 1 aliphatic heterocycles. The molecule has 0 aromatic carbocycles. The van der Waals surface area contributed by atoms with E-state index in [0.29, 0.717) is 12.0 Å². The second-order valence-electron chi connectivity index (χ2n) is 5.98. The minimum Gasteiger partial charge on any atom is -0.396 e. The first-order valence-corrected chi connectivity index (χ1v) is 8.06. The Morgan fingerprint density at radius 2 is 2.00 bits per heavy atom. The molecule has 2 heterocycles. The zero-order chi connectivity index (χ0) is 15.4. The second-order valence-corrected chi connectivity index (χ2v) is 5.98. The Morgan fingerprint density at radius 3 is 2.52 bits per heavy atom. The minimum atomic E-state index is 0.0843. The number of aliphatic hydroxyl groups is 1. The van der Waals surface area contributed by atoms with Crippen LogP contribution in [0.25, 0.3) is 0 Å². The fourth-order valence-electron chi connectivity index (χ4n) is 3.13. The fraction of sp³-hybridized carbons (Fsp3) is 0.750. The molecular weight excluding hydrogens is 266 g/mol. The van der Waals surface area contributed by atoms with E-state index in [4.69, 9.17) is 0 Å². The summed E-state index contributed by atoms with van der Waals surface area (Å²) in [6.45, 7) is 7.99. The molecule has 5 nitrogen and oxygen atoms in total. The van der Waals surface area contributed by atoms with Crippen LogP contribution in [0.4, 0.5) is 0 Å². The number of piperidine rings is 1. The van der Waals surface area contributed by atoms with Crippen LogP contribution in [0, 0.1) is 12.8 Å². The quantitative estimate of drug-likeness (QED) is 0.907. The number of hydrogen-bond donors (Lipinski definition) is 1. The Hall–Kier alpha value is -1.36. The minimum absolute atomic E-state index is 0.0843. The van der Waals surface area contributed by atoms with Crippen molar-refractivity contribution in [3.8, 4) is 0 Å². The van der Waals surface area contributed by atoms with Gasteiger partial charge in [0.05, 0.1) is 17.8 Å². The highest BCUT2D eigenvalue weighted by Gasteiger charge is 2.26. The van der Waals surface area contributed by atoms with E-state index in [0.717, 1.165) is 50.0 Å². The first kappa shape index (κ1) is 16.0. The summed E-state index contributed by atoms with van der Waals surface area (Å²) in [6, 6.07) is 0.367. The van der Waals surface area contributed by atoms with E-state index < -0.39 is 0 Å². The predicted molar refractivity (Wildman–Crippen MR) is 82.3 cm³/mol. The Morgan fingerprint density at radius 1 is 1.38 bits per heavy atom. The molecular formula is C16H27N3O2. The van der Waals surface area contributed by atoms with E-state index in [1.807, 2.05) is 16.5 Å². The monoisotopic (exact) mass is 293 g/mol. The van der Waals surface area contributed by atoms with Crippen molar-refractivity contribution < 1.29 is 9.90 Å². The van der Waals surface area contributed by atoms with Crippen LogP contribution in [-0.4, -0.2) is 45.4 Å². The average molecular weight is 293 g/mol. The lowest BCUT2D eigenvalue weighted by molar-refractivity contribution is 0.0650. The number of aromatic nitrogens is 2. The van der Waals surface area contributed by atoms with Crippen molar-refractivity contribution in [2.24, 2.45) is 5.92 Å². The second kappa shape index (κ2) is 7.07. The van der Waals surface area contributed by atoms with Crippen LogP contribution >= 0.6 is 0 Å². The van der Waals surface area contributed by atoms with Crippen molar-refractivity contribution in [1.29, 1.82) is 0 Å². The van der Waals surface area contributed by atoms with Crippen LogP contribution in [0.15, 0.2) is 6.20 Å². The van der Waals surface area contributed by atoms with Gasteiger partial charge in [-0.2, -0.15) is 5.10 Å². The molecule has 2 rings (SSSR count). The Balaban J connectivity index is 2.10. The van der Waals surface area contributed by atoms with Crippen molar-refractivity contribution in [3.05, 3.63) is 17.5 Å². The summed E-state index contributed by atoms with van der Waals surface area (Å²) >= 11 is 0. The van der Waals surface area contributed by atoms with Gasteiger partial charge in [0.25, 0.3) is 5.91 Å². The third-order valence-electron chi connectivity index (χ3n) is 4.72. The standard InChI is InChI=1S/C16H27N3O2/c1-4-14(5-2)19-12(3)15(10-17-19)16(21)18-8-6-13(11-20)7-9-18/h10,13-14,20H,4-9,11H2,1-3H3. The summed E-state index contributed by atoms with van der Waals surface area (Å²) < 4.78 is 1.99. The summed E-state index contributed by atoms with van der Waals surface area (Å²) in [5.41, 5.74) is 1.70. The summed E-state index contributed by atoms with van der Waals surface area (Å²) in [4.78, 5) is 14.5. The molecule has 0 saturated carbocycles. The average Bonchev–Trinajstić information content (AvgIpc) is 2.90. The highest BCUT2D eigenvalue weighted by atomic mass is 16.3. The van der Waals surface area contributed by atoms with Gasteiger partial charge in [-0.15, -0.1) is 0 Å². The molecule has 1 aromatic rings. The van der Waals surface area contributed by atoms with Gasteiger partial charge >= 0.3 is 0 Å². The summed E-state index contributed by atoms with van der Waals surface area (Å²) in [5, 5.41) is 13.6. The third kappa shape index (κ3) is 3.28. The molecule has 118 valence electrons. The largest absolute Gasteiger partial charge is 0.396 e. The fourth-order valence-corrected chi connectivity index (χ4v) is 3.13. The highest BCUT2D eigenvalue weighted by Crippen LogP contribution is 2.22. The molecule has 0 aliphatic carbocycles. The lowest BCUT2D eigenvalue weighted by Crippen LogP contribution is -2.39. The molecule has 0 radical (unpaired) electrons. The van der Waals surface area contributed by atoms with Gasteiger partial charge in [-0.3, -0.25) is 9.48 Å². The van der Waals surface area contributed by atoms with E-state index in [2.05, 4.69) is 18.9 Å². The van der Waals surface area contributed by atoms with Gasteiger partial charge < -0.3 is 10.0 Å². The molecule has 0 atom stereocenters. The lowest BCUT2D eigenvalue weighted by Gasteiger charge is -2.31. The number of amides is 1. The van der Waals surface area contributed by atoms with Gasteiger partial charge in [0, 0.05) is 25.4 Å². The first-order chi connectivity index (χ1) is 10.1. The highest BCUT2D eigenvalue weighted by molar-refractivity contribution is 5.95. The van der Waals surface area contributed by atoms with Crippen LogP contribution in [0.5, 0.6) is 0 Å².